The molecule has 100 valence electrons. The van der Waals surface area contributed by atoms with Crippen molar-refractivity contribution in [2.75, 3.05) is 18.5 Å². The SMILES string of the molecule is Cc1cc(N(C)CC(O)c2cccnc2)nc(C)n1. The fourth-order valence-electron chi connectivity index (χ4n) is 1.92. The molecule has 5 heteroatoms. The molecule has 0 amide bonds. The van der Waals surface area contributed by atoms with E-state index in [-0.39, 0.29) is 0 Å². The molecule has 0 saturated carbocycles. The molecule has 0 aliphatic carbocycles. The maximum absolute atomic E-state index is 10.2. The molecule has 2 heterocycles. The number of anilines is 1. The number of pyridine rings is 1. The Kier molecular flexibility index (Phi) is 4.06. The van der Waals surface area contributed by atoms with E-state index in [1.54, 1.807) is 12.4 Å². The van der Waals surface area contributed by atoms with E-state index in [1.807, 2.05) is 44.0 Å². The van der Waals surface area contributed by atoms with Gasteiger partial charge in [0.15, 0.2) is 0 Å². The van der Waals surface area contributed by atoms with E-state index in [0.717, 1.165) is 22.9 Å². The number of hydrogen-bond donors (Lipinski definition) is 1. The van der Waals surface area contributed by atoms with Crippen molar-refractivity contribution in [3.63, 3.8) is 0 Å². The zero-order chi connectivity index (χ0) is 13.8. The van der Waals surface area contributed by atoms with Gasteiger partial charge in [-0.25, -0.2) is 9.97 Å². The Morgan fingerprint density at radius 2 is 2.11 bits per heavy atom. The number of aliphatic hydroxyl groups excluding tert-OH is 1. The number of aliphatic hydroxyl groups is 1. The van der Waals surface area contributed by atoms with E-state index < -0.39 is 6.10 Å². The van der Waals surface area contributed by atoms with E-state index in [0.29, 0.717) is 6.54 Å². The number of nitrogens with zero attached hydrogens (tertiary/aromatic N) is 4. The Morgan fingerprint density at radius 3 is 2.74 bits per heavy atom. The van der Waals surface area contributed by atoms with Gasteiger partial charge in [-0.05, 0) is 19.9 Å². The summed E-state index contributed by atoms with van der Waals surface area (Å²) in [5.74, 6) is 1.55. The molecular formula is C14H18N4O. The molecule has 2 aromatic rings. The van der Waals surface area contributed by atoms with Crippen molar-refractivity contribution in [3.8, 4) is 0 Å². The molecule has 2 aromatic heterocycles. The van der Waals surface area contributed by atoms with Crippen LogP contribution in [0.5, 0.6) is 0 Å². The first-order chi connectivity index (χ1) is 9.06. The fraction of sp³-hybridized carbons (Fsp3) is 0.357. The Labute approximate surface area is 113 Å². The van der Waals surface area contributed by atoms with E-state index in [9.17, 15) is 5.11 Å². The molecule has 0 bridgehead atoms. The topological polar surface area (TPSA) is 62.1 Å². The lowest BCUT2D eigenvalue weighted by molar-refractivity contribution is 0.184. The lowest BCUT2D eigenvalue weighted by Crippen LogP contribution is -2.25. The van der Waals surface area contributed by atoms with Crippen molar-refractivity contribution in [3.05, 3.63) is 47.7 Å². The lowest BCUT2D eigenvalue weighted by Gasteiger charge is -2.22. The highest BCUT2D eigenvalue weighted by Crippen LogP contribution is 2.16. The zero-order valence-corrected chi connectivity index (χ0v) is 11.4. The van der Waals surface area contributed by atoms with Gasteiger partial charge in [-0.2, -0.15) is 0 Å². The van der Waals surface area contributed by atoms with Crippen LogP contribution < -0.4 is 4.90 Å². The van der Waals surface area contributed by atoms with E-state index in [2.05, 4.69) is 15.0 Å². The standard InChI is InChI=1S/C14H18N4O/c1-10-7-14(17-11(2)16-10)18(3)9-13(19)12-5-4-6-15-8-12/h4-8,13,19H,9H2,1-3H3. The number of likely N-dealkylation sites (N-methyl/N-ethyl adjacent to an activating group) is 1. The summed E-state index contributed by atoms with van der Waals surface area (Å²) >= 11 is 0. The molecule has 0 aliphatic heterocycles. The van der Waals surface area contributed by atoms with Gasteiger partial charge < -0.3 is 10.0 Å². The third kappa shape index (κ3) is 3.48. The second-order valence-corrected chi connectivity index (χ2v) is 4.60. The molecular weight excluding hydrogens is 240 g/mol. The third-order valence-corrected chi connectivity index (χ3v) is 2.86. The van der Waals surface area contributed by atoms with Gasteiger partial charge in [-0.1, -0.05) is 6.07 Å². The van der Waals surface area contributed by atoms with Crippen LogP contribution in [0.1, 0.15) is 23.2 Å². The van der Waals surface area contributed by atoms with Gasteiger partial charge in [0, 0.05) is 43.3 Å². The normalized spacial score (nSPS) is 12.2. The smallest absolute Gasteiger partial charge is 0.132 e. The summed E-state index contributed by atoms with van der Waals surface area (Å²) in [4.78, 5) is 14.5. The number of aromatic nitrogens is 3. The Morgan fingerprint density at radius 1 is 1.32 bits per heavy atom. The average molecular weight is 258 g/mol. The van der Waals surface area contributed by atoms with Crippen molar-refractivity contribution >= 4 is 5.82 Å². The molecule has 5 nitrogen and oxygen atoms in total. The van der Waals surface area contributed by atoms with Crippen LogP contribution in [0.2, 0.25) is 0 Å². The van der Waals surface area contributed by atoms with Crippen LogP contribution in [0.15, 0.2) is 30.6 Å². The maximum atomic E-state index is 10.2. The summed E-state index contributed by atoms with van der Waals surface area (Å²) < 4.78 is 0. The Hall–Kier alpha value is -2.01. The van der Waals surface area contributed by atoms with Crippen molar-refractivity contribution in [2.45, 2.75) is 20.0 Å². The molecule has 0 spiro atoms. The fourth-order valence-corrected chi connectivity index (χ4v) is 1.92. The van der Waals surface area contributed by atoms with Crippen LogP contribution in [-0.4, -0.2) is 33.7 Å². The summed E-state index contributed by atoms with van der Waals surface area (Å²) in [6, 6.07) is 5.59. The van der Waals surface area contributed by atoms with Gasteiger partial charge in [0.1, 0.15) is 11.6 Å². The lowest BCUT2D eigenvalue weighted by atomic mass is 10.1. The summed E-state index contributed by atoms with van der Waals surface area (Å²) in [5.41, 5.74) is 1.72. The molecule has 1 atom stereocenters. The maximum Gasteiger partial charge on any atom is 0.132 e. The molecule has 2 rings (SSSR count). The monoisotopic (exact) mass is 258 g/mol. The highest BCUT2D eigenvalue weighted by atomic mass is 16.3. The summed E-state index contributed by atoms with van der Waals surface area (Å²) in [5, 5.41) is 10.2. The van der Waals surface area contributed by atoms with Crippen LogP contribution >= 0.6 is 0 Å². The molecule has 0 aliphatic rings. The minimum absolute atomic E-state index is 0.460. The van der Waals surface area contributed by atoms with Crippen molar-refractivity contribution in [1.82, 2.24) is 15.0 Å². The molecule has 19 heavy (non-hydrogen) atoms. The highest BCUT2D eigenvalue weighted by molar-refractivity contribution is 5.39. The summed E-state index contributed by atoms with van der Waals surface area (Å²) in [7, 11) is 1.90. The summed E-state index contributed by atoms with van der Waals surface area (Å²) in [6.07, 6.45) is 2.78. The van der Waals surface area contributed by atoms with Gasteiger partial charge >= 0.3 is 0 Å². The van der Waals surface area contributed by atoms with Gasteiger partial charge in [0.25, 0.3) is 0 Å². The minimum Gasteiger partial charge on any atom is -0.386 e. The minimum atomic E-state index is -0.589. The Bertz CT molecular complexity index is 524. The average Bonchev–Trinajstić information content (AvgIpc) is 2.38. The second kappa shape index (κ2) is 5.75. The predicted molar refractivity (Wildman–Crippen MR) is 74.0 cm³/mol. The second-order valence-electron chi connectivity index (χ2n) is 4.60. The first-order valence-corrected chi connectivity index (χ1v) is 6.17. The first-order valence-electron chi connectivity index (χ1n) is 6.17. The van der Waals surface area contributed by atoms with Crippen LogP contribution in [0.4, 0.5) is 5.82 Å². The largest absolute Gasteiger partial charge is 0.386 e. The van der Waals surface area contributed by atoms with E-state index in [1.165, 1.54) is 0 Å². The number of rotatable bonds is 4. The summed E-state index contributed by atoms with van der Waals surface area (Å²) in [6.45, 7) is 4.26. The molecule has 0 fully saturated rings. The predicted octanol–water partition coefficient (Wildman–Crippen LogP) is 1.66. The molecule has 0 aromatic carbocycles. The van der Waals surface area contributed by atoms with Crippen LogP contribution in [0.3, 0.4) is 0 Å². The van der Waals surface area contributed by atoms with Crippen LogP contribution in [-0.2, 0) is 0 Å². The Balaban J connectivity index is 2.10. The van der Waals surface area contributed by atoms with E-state index in [4.69, 9.17) is 0 Å². The van der Waals surface area contributed by atoms with Crippen LogP contribution in [0, 0.1) is 13.8 Å². The third-order valence-electron chi connectivity index (χ3n) is 2.86. The van der Waals surface area contributed by atoms with Crippen molar-refractivity contribution in [2.24, 2.45) is 0 Å². The van der Waals surface area contributed by atoms with Crippen molar-refractivity contribution in [1.29, 1.82) is 0 Å². The van der Waals surface area contributed by atoms with Crippen molar-refractivity contribution < 1.29 is 5.11 Å². The number of aryl methyl sites for hydroxylation is 2. The highest BCUT2D eigenvalue weighted by Gasteiger charge is 2.12. The van der Waals surface area contributed by atoms with Gasteiger partial charge in [0.05, 0.1) is 6.10 Å². The molecule has 1 N–H and O–H groups in total. The van der Waals surface area contributed by atoms with Gasteiger partial charge in [-0.15, -0.1) is 0 Å². The van der Waals surface area contributed by atoms with E-state index >= 15 is 0 Å². The number of hydrogen-bond acceptors (Lipinski definition) is 5. The van der Waals surface area contributed by atoms with Crippen LogP contribution in [0.25, 0.3) is 0 Å². The quantitative estimate of drug-likeness (QED) is 0.903. The first kappa shape index (κ1) is 13.4. The molecule has 0 radical (unpaired) electrons. The van der Waals surface area contributed by atoms with Gasteiger partial charge in [0.2, 0.25) is 0 Å². The molecule has 0 saturated heterocycles. The molecule has 1 unspecified atom stereocenters. The zero-order valence-electron chi connectivity index (χ0n) is 11.4. The van der Waals surface area contributed by atoms with Gasteiger partial charge in [-0.3, -0.25) is 4.98 Å².